The molecule has 5 nitrogen and oxygen atoms in total. The predicted octanol–water partition coefficient (Wildman–Crippen LogP) is 3.10. The minimum absolute atomic E-state index is 0.161. The summed E-state index contributed by atoms with van der Waals surface area (Å²) in [4.78, 5) is 20.8. The van der Waals surface area contributed by atoms with Crippen molar-refractivity contribution >= 4 is 11.7 Å². The number of benzene rings is 1. The number of nitrogens with zero attached hydrogens (tertiary/aromatic N) is 2. The highest BCUT2D eigenvalue weighted by Gasteiger charge is 2.25. The summed E-state index contributed by atoms with van der Waals surface area (Å²) in [6.45, 7) is 0. The highest BCUT2D eigenvalue weighted by atomic mass is 16.5. The highest BCUT2D eigenvalue weighted by Crippen LogP contribution is 2.35. The van der Waals surface area contributed by atoms with E-state index in [-0.39, 0.29) is 11.8 Å². The summed E-state index contributed by atoms with van der Waals surface area (Å²) in [5.74, 6) is 1.64. The minimum atomic E-state index is 0.161. The molecule has 0 saturated heterocycles. The van der Waals surface area contributed by atoms with E-state index in [9.17, 15) is 4.79 Å². The Morgan fingerprint density at radius 2 is 2.17 bits per heavy atom. The van der Waals surface area contributed by atoms with Crippen LogP contribution in [0.5, 0.6) is 5.75 Å². The first kappa shape index (κ1) is 14.2. The second-order valence-corrected chi connectivity index (χ2v) is 6.13. The average molecular weight is 309 g/mol. The normalized spacial score (nSPS) is 19.2. The number of aromatic nitrogens is 2. The Morgan fingerprint density at radius 1 is 1.26 bits per heavy atom. The summed E-state index contributed by atoms with van der Waals surface area (Å²) in [6, 6.07) is 6.41. The zero-order valence-corrected chi connectivity index (χ0v) is 13.1. The Bertz CT molecular complexity index is 773. The zero-order chi connectivity index (χ0) is 15.8. The number of carbonyl (C=O) groups is 1. The van der Waals surface area contributed by atoms with Gasteiger partial charge in [-0.05, 0) is 48.9 Å². The fourth-order valence-electron chi connectivity index (χ4n) is 3.47. The molecule has 2 aliphatic rings. The van der Waals surface area contributed by atoms with Crippen LogP contribution in [0.3, 0.4) is 0 Å². The van der Waals surface area contributed by atoms with Crippen molar-refractivity contribution in [3.63, 3.8) is 0 Å². The molecule has 0 fully saturated rings. The Hall–Kier alpha value is -2.43. The van der Waals surface area contributed by atoms with Gasteiger partial charge in [-0.2, -0.15) is 0 Å². The second kappa shape index (κ2) is 5.65. The maximum absolute atomic E-state index is 11.9. The minimum Gasteiger partial charge on any atom is -0.497 e. The van der Waals surface area contributed by atoms with Crippen molar-refractivity contribution in [1.29, 1.82) is 0 Å². The number of anilines is 1. The van der Waals surface area contributed by atoms with Crippen LogP contribution >= 0.6 is 0 Å². The van der Waals surface area contributed by atoms with Crippen LogP contribution in [0, 0.1) is 0 Å². The van der Waals surface area contributed by atoms with E-state index in [0.29, 0.717) is 17.9 Å². The first-order valence-corrected chi connectivity index (χ1v) is 8.07. The molecule has 1 atom stereocenters. The third-order valence-electron chi connectivity index (χ3n) is 4.72. The number of methoxy groups -OCH3 is 1. The van der Waals surface area contributed by atoms with Crippen molar-refractivity contribution in [2.75, 3.05) is 12.4 Å². The molecule has 1 aromatic heterocycles. The van der Waals surface area contributed by atoms with Crippen LogP contribution in [-0.4, -0.2) is 22.9 Å². The zero-order valence-electron chi connectivity index (χ0n) is 13.1. The lowest BCUT2D eigenvalue weighted by atomic mass is 9.96. The van der Waals surface area contributed by atoms with Gasteiger partial charge in [0.15, 0.2) is 5.78 Å². The summed E-state index contributed by atoms with van der Waals surface area (Å²) in [6.07, 6.45) is 6.08. The van der Waals surface area contributed by atoms with Gasteiger partial charge < -0.3 is 10.1 Å². The molecule has 0 unspecified atom stereocenters. The monoisotopic (exact) mass is 309 g/mol. The van der Waals surface area contributed by atoms with Crippen molar-refractivity contribution in [3.05, 3.63) is 46.8 Å². The molecule has 118 valence electrons. The predicted molar refractivity (Wildman–Crippen MR) is 87.0 cm³/mol. The van der Waals surface area contributed by atoms with Crippen LogP contribution < -0.4 is 10.1 Å². The van der Waals surface area contributed by atoms with Gasteiger partial charge in [-0.3, -0.25) is 4.79 Å². The first-order chi connectivity index (χ1) is 11.2. The van der Waals surface area contributed by atoms with Crippen LogP contribution in [0.4, 0.5) is 5.95 Å². The number of fused-ring (bicyclic) bond motifs is 2. The van der Waals surface area contributed by atoms with E-state index in [4.69, 9.17) is 4.74 Å². The van der Waals surface area contributed by atoms with Crippen LogP contribution in [-0.2, 0) is 12.8 Å². The van der Waals surface area contributed by atoms with Crippen molar-refractivity contribution in [2.24, 2.45) is 0 Å². The lowest BCUT2D eigenvalue weighted by molar-refractivity contribution is 0.0971. The van der Waals surface area contributed by atoms with E-state index in [0.717, 1.165) is 37.1 Å². The highest BCUT2D eigenvalue weighted by molar-refractivity contribution is 5.97. The number of rotatable bonds is 3. The fraction of sp³-hybridized carbons (Fsp3) is 0.389. The molecule has 0 amide bonds. The summed E-state index contributed by atoms with van der Waals surface area (Å²) in [5.41, 5.74) is 4.16. The second-order valence-electron chi connectivity index (χ2n) is 6.13. The molecular weight excluding hydrogens is 290 g/mol. The topological polar surface area (TPSA) is 64.1 Å². The summed E-state index contributed by atoms with van der Waals surface area (Å²) < 4.78 is 5.33. The van der Waals surface area contributed by atoms with E-state index < -0.39 is 0 Å². The van der Waals surface area contributed by atoms with E-state index >= 15 is 0 Å². The van der Waals surface area contributed by atoms with Gasteiger partial charge in [0.1, 0.15) is 5.75 Å². The molecule has 1 heterocycles. The first-order valence-electron chi connectivity index (χ1n) is 8.07. The molecule has 0 radical (unpaired) electrons. The molecule has 0 aliphatic heterocycles. The van der Waals surface area contributed by atoms with Crippen molar-refractivity contribution < 1.29 is 9.53 Å². The van der Waals surface area contributed by atoms with Gasteiger partial charge in [-0.1, -0.05) is 6.07 Å². The maximum atomic E-state index is 11.9. The van der Waals surface area contributed by atoms with Crippen molar-refractivity contribution in [1.82, 2.24) is 9.97 Å². The van der Waals surface area contributed by atoms with Gasteiger partial charge >= 0.3 is 0 Å². The lowest BCUT2D eigenvalue weighted by Gasteiger charge is -2.18. The van der Waals surface area contributed by atoms with Gasteiger partial charge in [0, 0.05) is 12.6 Å². The Balaban J connectivity index is 1.60. The summed E-state index contributed by atoms with van der Waals surface area (Å²) >= 11 is 0. The van der Waals surface area contributed by atoms with Crippen molar-refractivity contribution in [2.45, 2.75) is 38.1 Å². The maximum Gasteiger partial charge on any atom is 0.223 e. The number of ketones is 1. The summed E-state index contributed by atoms with van der Waals surface area (Å²) in [7, 11) is 1.68. The molecule has 4 rings (SSSR count). The molecule has 1 aromatic carbocycles. The van der Waals surface area contributed by atoms with Crippen LogP contribution in [0.1, 0.15) is 52.5 Å². The molecule has 2 aromatic rings. The SMILES string of the molecule is COc1ccc2c(c1)[C@H](Nc1ncc3c(n1)CCCC3=O)CC2. The number of carbonyl (C=O) groups excluding carboxylic acids is 1. The van der Waals surface area contributed by atoms with Gasteiger partial charge in [0.25, 0.3) is 0 Å². The van der Waals surface area contributed by atoms with Crippen molar-refractivity contribution in [3.8, 4) is 5.75 Å². The summed E-state index contributed by atoms with van der Waals surface area (Å²) in [5, 5.41) is 3.42. The molecule has 1 N–H and O–H groups in total. The molecule has 23 heavy (non-hydrogen) atoms. The molecule has 0 saturated carbocycles. The third-order valence-corrected chi connectivity index (χ3v) is 4.72. The molecule has 0 bridgehead atoms. The molecule has 2 aliphatic carbocycles. The molecule has 0 spiro atoms. The van der Waals surface area contributed by atoms with Gasteiger partial charge in [-0.15, -0.1) is 0 Å². The van der Waals surface area contributed by atoms with E-state index in [1.807, 2.05) is 6.07 Å². The van der Waals surface area contributed by atoms with Crippen LogP contribution in [0.25, 0.3) is 0 Å². The standard InChI is InChI=1S/C18H19N3O2/c1-23-12-7-5-11-6-8-16(13(11)9-12)21-18-19-10-14-15(20-18)3-2-4-17(14)22/h5,7,9-10,16H,2-4,6,8H2,1H3,(H,19,20,21)/t16-/m1/s1. The van der Waals surface area contributed by atoms with E-state index in [1.165, 1.54) is 11.1 Å². The average Bonchev–Trinajstić information content (AvgIpc) is 2.97. The third kappa shape index (κ3) is 2.56. The number of ether oxygens (including phenoxy) is 1. The number of aryl methyl sites for hydroxylation is 2. The Morgan fingerprint density at radius 3 is 3.04 bits per heavy atom. The number of Topliss-reactive ketones (excluding diaryl/α,β-unsaturated/α-hetero) is 1. The van der Waals surface area contributed by atoms with E-state index in [2.05, 4.69) is 27.4 Å². The van der Waals surface area contributed by atoms with Gasteiger partial charge in [-0.25, -0.2) is 9.97 Å². The van der Waals surface area contributed by atoms with Crippen LogP contribution in [0.15, 0.2) is 24.4 Å². The fourth-order valence-corrected chi connectivity index (χ4v) is 3.47. The largest absolute Gasteiger partial charge is 0.497 e. The quantitative estimate of drug-likeness (QED) is 0.944. The molecular formula is C18H19N3O2. The smallest absolute Gasteiger partial charge is 0.223 e. The van der Waals surface area contributed by atoms with E-state index in [1.54, 1.807) is 13.3 Å². The Labute approximate surface area is 135 Å². The van der Waals surface area contributed by atoms with Gasteiger partial charge in [0.05, 0.1) is 24.4 Å². The van der Waals surface area contributed by atoms with Crippen LogP contribution in [0.2, 0.25) is 0 Å². The Kier molecular flexibility index (Phi) is 3.48. The number of hydrogen-bond donors (Lipinski definition) is 1. The lowest BCUT2D eigenvalue weighted by Crippen LogP contribution is -2.16. The number of nitrogens with one attached hydrogen (secondary N) is 1. The number of hydrogen-bond acceptors (Lipinski definition) is 5. The van der Waals surface area contributed by atoms with Gasteiger partial charge in [0.2, 0.25) is 5.95 Å². The molecule has 5 heteroatoms.